The molecular formula is C19H19NO. The number of fused-ring (bicyclic) bond motifs is 1. The summed E-state index contributed by atoms with van der Waals surface area (Å²) in [6, 6.07) is 14.4. The van der Waals surface area contributed by atoms with Crippen LogP contribution in [0.1, 0.15) is 34.0 Å². The van der Waals surface area contributed by atoms with E-state index >= 15 is 0 Å². The Morgan fingerprint density at radius 2 is 1.76 bits per heavy atom. The van der Waals surface area contributed by atoms with Crippen molar-refractivity contribution < 1.29 is 4.79 Å². The quantitative estimate of drug-likeness (QED) is 0.646. The maximum absolute atomic E-state index is 11.6. The van der Waals surface area contributed by atoms with E-state index in [1.165, 1.54) is 22.1 Å². The van der Waals surface area contributed by atoms with Gasteiger partial charge in [0, 0.05) is 23.8 Å². The number of hydrogen-bond acceptors (Lipinski definition) is 1. The SMILES string of the molecule is CC(=O)c1ccc2ccn(Cc3c(C)cccc3C)c2c1. The van der Waals surface area contributed by atoms with Gasteiger partial charge >= 0.3 is 0 Å². The number of aromatic nitrogens is 1. The van der Waals surface area contributed by atoms with Crippen molar-refractivity contribution in [2.75, 3.05) is 0 Å². The lowest BCUT2D eigenvalue weighted by Gasteiger charge is -2.12. The number of aryl methyl sites for hydroxylation is 2. The second-order valence-electron chi connectivity index (χ2n) is 5.64. The monoisotopic (exact) mass is 277 g/mol. The van der Waals surface area contributed by atoms with Gasteiger partial charge in [0.2, 0.25) is 0 Å². The highest BCUT2D eigenvalue weighted by molar-refractivity contribution is 5.97. The van der Waals surface area contributed by atoms with Crippen LogP contribution in [0, 0.1) is 13.8 Å². The summed E-state index contributed by atoms with van der Waals surface area (Å²) < 4.78 is 2.22. The fourth-order valence-corrected chi connectivity index (χ4v) is 2.81. The van der Waals surface area contributed by atoms with Gasteiger partial charge in [0.25, 0.3) is 0 Å². The summed E-state index contributed by atoms with van der Waals surface area (Å²) in [5, 5.41) is 1.17. The molecule has 0 saturated carbocycles. The molecule has 0 atom stereocenters. The molecule has 0 radical (unpaired) electrons. The van der Waals surface area contributed by atoms with Crippen LogP contribution in [0.5, 0.6) is 0 Å². The first-order valence-corrected chi connectivity index (χ1v) is 7.21. The highest BCUT2D eigenvalue weighted by Crippen LogP contribution is 2.22. The van der Waals surface area contributed by atoms with Crippen LogP contribution in [0.2, 0.25) is 0 Å². The van der Waals surface area contributed by atoms with Crippen LogP contribution < -0.4 is 0 Å². The normalized spacial score (nSPS) is 11.0. The summed E-state index contributed by atoms with van der Waals surface area (Å²) >= 11 is 0. The molecule has 0 saturated heterocycles. The number of Topliss-reactive ketones (excluding diaryl/α,β-unsaturated/α-hetero) is 1. The predicted molar refractivity (Wildman–Crippen MR) is 87.0 cm³/mol. The summed E-state index contributed by atoms with van der Waals surface area (Å²) in [6.45, 7) is 6.74. The molecule has 0 amide bonds. The van der Waals surface area contributed by atoms with Gasteiger partial charge in [-0.15, -0.1) is 0 Å². The molecule has 0 N–H and O–H groups in total. The molecule has 0 aliphatic heterocycles. The van der Waals surface area contributed by atoms with E-state index in [1.54, 1.807) is 6.92 Å². The van der Waals surface area contributed by atoms with Crippen LogP contribution in [0.25, 0.3) is 10.9 Å². The Labute approximate surface area is 125 Å². The highest BCUT2D eigenvalue weighted by Gasteiger charge is 2.08. The van der Waals surface area contributed by atoms with Gasteiger partial charge in [-0.25, -0.2) is 0 Å². The van der Waals surface area contributed by atoms with E-state index in [1.807, 2.05) is 18.2 Å². The van der Waals surface area contributed by atoms with Crippen LogP contribution in [0.3, 0.4) is 0 Å². The van der Waals surface area contributed by atoms with Crippen molar-refractivity contribution in [3.63, 3.8) is 0 Å². The first kappa shape index (κ1) is 13.6. The van der Waals surface area contributed by atoms with Gasteiger partial charge in [0.15, 0.2) is 5.78 Å². The van der Waals surface area contributed by atoms with Crippen LogP contribution in [0.4, 0.5) is 0 Å². The van der Waals surface area contributed by atoms with Gasteiger partial charge in [0.05, 0.1) is 0 Å². The fraction of sp³-hybridized carbons (Fsp3) is 0.211. The summed E-state index contributed by atoms with van der Waals surface area (Å²) in [7, 11) is 0. The standard InChI is InChI=1S/C19H19NO/c1-13-5-4-6-14(2)18(13)12-20-10-9-16-7-8-17(15(3)21)11-19(16)20/h4-11H,12H2,1-3H3. The van der Waals surface area contributed by atoms with E-state index in [4.69, 9.17) is 0 Å². The Morgan fingerprint density at radius 1 is 1.05 bits per heavy atom. The summed E-state index contributed by atoms with van der Waals surface area (Å²) in [4.78, 5) is 11.6. The Hall–Kier alpha value is -2.35. The minimum atomic E-state index is 0.108. The second kappa shape index (κ2) is 5.21. The third-order valence-electron chi connectivity index (χ3n) is 4.15. The van der Waals surface area contributed by atoms with Gasteiger partial charge in [0.1, 0.15) is 0 Å². The number of ketones is 1. The largest absolute Gasteiger partial charge is 0.343 e. The van der Waals surface area contributed by atoms with Gasteiger partial charge in [-0.3, -0.25) is 4.79 Å². The number of carbonyl (C=O) groups is 1. The molecule has 2 heteroatoms. The summed E-state index contributed by atoms with van der Waals surface area (Å²) in [6.07, 6.45) is 2.10. The molecular weight excluding hydrogens is 258 g/mol. The van der Waals surface area contributed by atoms with Crippen molar-refractivity contribution in [2.45, 2.75) is 27.3 Å². The third-order valence-corrected chi connectivity index (χ3v) is 4.15. The minimum Gasteiger partial charge on any atom is -0.343 e. The molecule has 0 bridgehead atoms. The van der Waals surface area contributed by atoms with Gasteiger partial charge in [-0.1, -0.05) is 30.3 Å². The molecule has 0 aliphatic rings. The molecule has 0 fully saturated rings. The average Bonchev–Trinajstić information content (AvgIpc) is 2.85. The van der Waals surface area contributed by atoms with E-state index in [-0.39, 0.29) is 5.78 Å². The van der Waals surface area contributed by atoms with Crippen LogP contribution in [0.15, 0.2) is 48.7 Å². The van der Waals surface area contributed by atoms with Crippen molar-refractivity contribution in [2.24, 2.45) is 0 Å². The van der Waals surface area contributed by atoms with Gasteiger partial charge < -0.3 is 4.57 Å². The lowest BCUT2D eigenvalue weighted by molar-refractivity contribution is 0.101. The minimum absolute atomic E-state index is 0.108. The van der Waals surface area contributed by atoms with Crippen LogP contribution in [-0.2, 0) is 6.54 Å². The van der Waals surface area contributed by atoms with Crippen molar-refractivity contribution in [1.82, 2.24) is 4.57 Å². The molecule has 2 nitrogen and oxygen atoms in total. The number of benzene rings is 2. The van der Waals surface area contributed by atoms with E-state index in [0.29, 0.717) is 0 Å². The first-order valence-electron chi connectivity index (χ1n) is 7.21. The Balaban J connectivity index is 2.08. The highest BCUT2D eigenvalue weighted by atomic mass is 16.1. The lowest BCUT2D eigenvalue weighted by Crippen LogP contribution is -2.03. The fourth-order valence-electron chi connectivity index (χ4n) is 2.81. The van der Waals surface area contributed by atoms with Gasteiger partial charge in [-0.05, 0) is 55.0 Å². The van der Waals surface area contributed by atoms with Crippen molar-refractivity contribution in [1.29, 1.82) is 0 Å². The van der Waals surface area contributed by atoms with Crippen molar-refractivity contribution in [3.05, 3.63) is 70.9 Å². The number of carbonyl (C=O) groups excluding carboxylic acids is 1. The number of nitrogens with zero attached hydrogens (tertiary/aromatic N) is 1. The predicted octanol–water partition coefficient (Wildman–Crippen LogP) is 4.51. The van der Waals surface area contributed by atoms with Gasteiger partial charge in [-0.2, -0.15) is 0 Å². The molecule has 0 unspecified atom stereocenters. The summed E-state index contributed by atoms with van der Waals surface area (Å²) in [5.41, 5.74) is 5.84. The smallest absolute Gasteiger partial charge is 0.159 e. The zero-order chi connectivity index (χ0) is 15.0. The van der Waals surface area contributed by atoms with Crippen LogP contribution >= 0.6 is 0 Å². The molecule has 2 aromatic carbocycles. The lowest BCUT2D eigenvalue weighted by atomic mass is 10.0. The van der Waals surface area contributed by atoms with E-state index in [2.05, 4.69) is 48.9 Å². The second-order valence-corrected chi connectivity index (χ2v) is 5.64. The molecule has 3 rings (SSSR count). The van der Waals surface area contributed by atoms with E-state index < -0.39 is 0 Å². The number of hydrogen-bond donors (Lipinski definition) is 0. The van der Waals surface area contributed by atoms with Crippen molar-refractivity contribution >= 4 is 16.7 Å². The Morgan fingerprint density at radius 3 is 2.43 bits per heavy atom. The zero-order valence-corrected chi connectivity index (χ0v) is 12.7. The first-order chi connectivity index (χ1) is 10.1. The molecule has 3 aromatic rings. The van der Waals surface area contributed by atoms with E-state index in [0.717, 1.165) is 17.6 Å². The molecule has 21 heavy (non-hydrogen) atoms. The average molecular weight is 277 g/mol. The summed E-state index contributed by atoms with van der Waals surface area (Å²) in [5.74, 6) is 0.108. The number of rotatable bonds is 3. The topological polar surface area (TPSA) is 22.0 Å². The van der Waals surface area contributed by atoms with Crippen molar-refractivity contribution in [3.8, 4) is 0 Å². The molecule has 1 aromatic heterocycles. The molecule has 106 valence electrons. The molecule has 0 aliphatic carbocycles. The maximum Gasteiger partial charge on any atom is 0.159 e. The zero-order valence-electron chi connectivity index (χ0n) is 12.7. The Kier molecular flexibility index (Phi) is 3.38. The van der Waals surface area contributed by atoms with Crippen LogP contribution in [-0.4, -0.2) is 10.4 Å². The Bertz CT molecular complexity index is 806. The third kappa shape index (κ3) is 2.49. The maximum atomic E-state index is 11.6. The molecule has 1 heterocycles. The molecule has 0 spiro atoms. The van der Waals surface area contributed by atoms with E-state index in [9.17, 15) is 4.79 Å².